The average Bonchev–Trinajstić information content (AvgIpc) is 3.19. The molecule has 4 rings (SSSR count). The van der Waals surface area contributed by atoms with Crippen LogP contribution in [-0.2, 0) is 11.2 Å². The Hall–Kier alpha value is -3.10. The van der Waals surface area contributed by atoms with Gasteiger partial charge >= 0.3 is 0 Å². The summed E-state index contributed by atoms with van der Waals surface area (Å²) in [6.07, 6.45) is 0.725. The van der Waals surface area contributed by atoms with Crippen LogP contribution in [0.2, 0.25) is 5.02 Å². The number of ether oxygens (including phenoxy) is 1. The van der Waals surface area contributed by atoms with E-state index in [-0.39, 0.29) is 11.7 Å². The molecule has 0 aliphatic carbocycles. The summed E-state index contributed by atoms with van der Waals surface area (Å²) in [5.41, 5.74) is 4.80. The molecule has 0 atom stereocenters. The normalized spacial score (nSPS) is 11.0. The lowest BCUT2D eigenvalue weighted by Gasteiger charge is -2.10. The number of carbonyl (C=O) groups excluding carboxylic acids is 1. The van der Waals surface area contributed by atoms with Crippen molar-refractivity contribution >= 4 is 40.7 Å². The van der Waals surface area contributed by atoms with Gasteiger partial charge in [0.15, 0.2) is 0 Å². The summed E-state index contributed by atoms with van der Waals surface area (Å²) in [4.78, 5) is 21.4. The van der Waals surface area contributed by atoms with Gasteiger partial charge in [-0.1, -0.05) is 41.6 Å². The molecule has 4 aromatic rings. The molecular weight excluding hydrogens is 446 g/mol. The molecule has 2 aromatic carbocycles. The smallest absolute Gasteiger partial charge is 0.253 e. The zero-order valence-electron chi connectivity index (χ0n) is 17.9. The van der Waals surface area contributed by atoms with Crippen LogP contribution < -0.4 is 10.1 Å². The van der Waals surface area contributed by atoms with Gasteiger partial charge in [-0.05, 0) is 49.2 Å². The van der Waals surface area contributed by atoms with E-state index in [1.807, 2.05) is 56.3 Å². The number of hydrogen-bond donors (Lipinski definition) is 1. The van der Waals surface area contributed by atoms with E-state index in [2.05, 4.69) is 20.4 Å². The number of carbonyl (C=O) groups is 1. The molecule has 0 fully saturated rings. The molecule has 0 aliphatic rings. The SMILES string of the molecule is COc1cccc(NC(=O)CSc2nc3nc(C)c(Cc4ccc(Cl)cc4)c(C)n3n2)c1. The van der Waals surface area contributed by atoms with Crippen LogP contribution in [0.25, 0.3) is 5.78 Å². The maximum Gasteiger partial charge on any atom is 0.253 e. The van der Waals surface area contributed by atoms with Gasteiger partial charge in [0.05, 0.1) is 12.9 Å². The van der Waals surface area contributed by atoms with Gasteiger partial charge in [0.1, 0.15) is 5.75 Å². The van der Waals surface area contributed by atoms with Gasteiger partial charge in [0.2, 0.25) is 11.1 Å². The number of fused-ring (bicyclic) bond motifs is 1. The number of aromatic nitrogens is 4. The first-order valence-electron chi connectivity index (χ1n) is 9.97. The number of nitrogens with one attached hydrogen (secondary N) is 1. The minimum atomic E-state index is -0.147. The lowest BCUT2D eigenvalue weighted by Crippen LogP contribution is -2.14. The number of rotatable bonds is 7. The minimum absolute atomic E-state index is 0.147. The first-order chi connectivity index (χ1) is 15.4. The molecule has 0 saturated carbocycles. The third kappa shape index (κ3) is 5.03. The summed E-state index contributed by atoms with van der Waals surface area (Å²) in [6, 6.07) is 15.0. The molecule has 2 aromatic heterocycles. The second-order valence-electron chi connectivity index (χ2n) is 7.24. The van der Waals surface area contributed by atoms with Crippen molar-refractivity contribution in [2.75, 3.05) is 18.2 Å². The summed E-state index contributed by atoms with van der Waals surface area (Å²) in [5.74, 6) is 1.25. The van der Waals surface area contributed by atoms with E-state index in [9.17, 15) is 4.79 Å². The Morgan fingerprint density at radius 2 is 1.94 bits per heavy atom. The monoisotopic (exact) mass is 467 g/mol. The van der Waals surface area contributed by atoms with Crippen LogP contribution in [0.4, 0.5) is 5.69 Å². The predicted octanol–water partition coefficient (Wildman–Crippen LogP) is 4.72. The molecule has 0 bridgehead atoms. The third-order valence-electron chi connectivity index (χ3n) is 5.01. The van der Waals surface area contributed by atoms with Crippen LogP contribution in [0.5, 0.6) is 5.75 Å². The molecule has 164 valence electrons. The van der Waals surface area contributed by atoms with Gasteiger partial charge in [0.25, 0.3) is 5.78 Å². The lowest BCUT2D eigenvalue weighted by molar-refractivity contribution is -0.113. The highest BCUT2D eigenvalue weighted by atomic mass is 35.5. The number of thioether (sulfide) groups is 1. The average molecular weight is 468 g/mol. The van der Waals surface area contributed by atoms with Crippen molar-refractivity contribution in [2.45, 2.75) is 25.4 Å². The first-order valence-corrected chi connectivity index (χ1v) is 11.3. The zero-order chi connectivity index (χ0) is 22.7. The molecule has 0 saturated heterocycles. The van der Waals surface area contributed by atoms with Crippen LogP contribution in [0, 0.1) is 13.8 Å². The summed E-state index contributed by atoms with van der Waals surface area (Å²) >= 11 is 7.27. The molecule has 9 heteroatoms. The molecule has 32 heavy (non-hydrogen) atoms. The van der Waals surface area contributed by atoms with E-state index < -0.39 is 0 Å². The van der Waals surface area contributed by atoms with Crippen molar-refractivity contribution in [3.05, 3.63) is 76.1 Å². The summed E-state index contributed by atoms with van der Waals surface area (Å²) in [7, 11) is 1.59. The standard InChI is InChI=1S/C23H22ClN5O2S/c1-14-20(11-16-7-9-17(24)10-8-16)15(2)29-22(25-14)27-23(28-29)32-13-21(30)26-18-5-4-6-19(12-18)31-3/h4-10,12H,11,13H2,1-3H3,(H,26,30). The van der Waals surface area contributed by atoms with E-state index in [1.165, 1.54) is 11.8 Å². The Bertz CT molecular complexity index is 1270. The second-order valence-corrected chi connectivity index (χ2v) is 8.62. The predicted molar refractivity (Wildman–Crippen MR) is 127 cm³/mol. The molecule has 1 amide bonds. The van der Waals surface area contributed by atoms with Crippen molar-refractivity contribution in [2.24, 2.45) is 0 Å². The van der Waals surface area contributed by atoms with Gasteiger partial charge in [-0.2, -0.15) is 4.98 Å². The fraction of sp³-hybridized carbons (Fsp3) is 0.217. The zero-order valence-corrected chi connectivity index (χ0v) is 19.5. The Labute approximate surface area is 195 Å². The quantitative estimate of drug-likeness (QED) is 0.396. The Morgan fingerprint density at radius 3 is 2.69 bits per heavy atom. The molecule has 7 nitrogen and oxygen atoms in total. The van der Waals surface area contributed by atoms with Gasteiger partial charge < -0.3 is 10.1 Å². The lowest BCUT2D eigenvalue weighted by atomic mass is 10.0. The van der Waals surface area contributed by atoms with Gasteiger partial charge in [-0.15, -0.1) is 5.10 Å². The number of amides is 1. The molecule has 1 N–H and O–H groups in total. The van der Waals surface area contributed by atoms with E-state index in [1.54, 1.807) is 17.7 Å². The highest BCUT2D eigenvalue weighted by Gasteiger charge is 2.15. The van der Waals surface area contributed by atoms with Crippen molar-refractivity contribution in [1.29, 1.82) is 0 Å². The van der Waals surface area contributed by atoms with Crippen LogP contribution in [0.1, 0.15) is 22.5 Å². The molecule has 0 unspecified atom stereocenters. The van der Waals surface area contributed by atoms with E-state index in [0.717, 1.165) is 28.9 Å². The first kappa shape index (κ1) is 22.1. The summed E-state index contributed by atoms with van der Waals surface area (Å²) < 4.78 is 6.92. The van der Waals surface area contributed by atoms with E-state index in [4.69, 9.17) is 16.3 Å². The van der Waals surface area contributed by atoms with Crippen molar-refractivity contribution < 1.29 is 9.53 Å². The van der Waals surface area contributed by atoms with Crippen LogP contribution in [-0.4, -0.2) is 38.4 Å². The van der Waals surface area contributed by atoms with Crippen molar-refractivity contribution in [3.8, 4) is 5.75 Å². The Balaban J connectivity index is 1.47. The molecule has 2 heterocycles. The third-order valence-corrected chi connectivity index (χ3v) is 6.10. The number of methoxy groups -OCH3 is 1. The fourth-order valence-corrected chi connectivity index (χ4v) is 4.09. The van der Waals surface area contributed by atoms with Crippen molar-refractivity contribution in [1.82, 2.24) is 19.6 Å². The van der Waals surface area contributed by atoms with E-state index in [0.29, 0.717) is 27.4 Å². The van der Waals surface area contributed by atoms with Crippen LogP contribution in [0.15, 0.2) is 53.7 Å². The Kier molecular flexibility index (Phi) is 6.62. The van der Waals surface area contributed by atoms with Crippen LogP contribution in [0.3, 0.4) is 0 Å². The summed E-state index contributed by atoms with van der Waals surface area (Å²) in [6.45, 7) is 3.98. The second kappa shape index (κ2) is 9.58. The molecular formula is C23H22ClN5O2S. The maximum atomic E-state index is 12.3. The molecule has 0 aliphatic heterocycles. The number of aryl methyl sites for hydroxylation is 2. The number of halogens is 1. The number of benzene rings is 2. The number of anilines is 1. The van der Waals surface area contributed by atoms with Crippen molar-refractivity contribution in [3.63, 3.8) is 0 Å². The fourth-order valence-electron chi connectivity index (χ4n) is 3.34. The van der Waals surface area contributed by atoms with Gasteiger partial charge in [-0.25, -0.2) is 9.50 Å². The van der Waals surface area contributed by atoms with Gasteiger partial charge in [0, 0.05) is 34.6 Å². The highest BCUT2D eigenvalue weighted by molar-refractivity contribution is 7.99. The minimum Gasteiger partial charge on any atom is -0.497 e. The number of hydrogen-bond acceptors (Lipinski definition) is 6. The Morgan fingerprint density at radius 1 is 1.16 bits per heavy atom. The van der Waals surface area contributed by atoms with E-state index >= 15 is 0 Å². The summed E-state index contributed by atoms with van der Waals surface area (Å²) in [5, 5.41) is 8.63. The van der Waals surface area contributed by atoms with Gasteiger partial charge in [-0.3, -0.25) is 4.79 Å². The maximum absolute atomic E-state index is 12.3. The largest absolute Gasteiger partial charge is 0.497 e. The topological polar surface area (TPSA) is 81.4 Å². The number of nitrogens with zero attached hydrogens (tertiary/aromatic N) is 4. The molecule has 0 radical (unpaired) electrons. The molecule has 0 spiro atoms. The highest BCUT2D eigenvalue weighted by Crippen LogP contribution is 2.22. The van der Waals surface area contributed by atoms with Crippen LogP contribution >= 0.6 is 23.4 Å².